The van der Waals surface area contributed by atoms with Crippen molar-refractivity contribution in [2.24, 2.45) is 11.1 Å². The van der Waals surface area contributed by atoms with Crippen LogP contribution in [-0.2, 0) is 11.0 Å². The fraction of sp³-hybridized carbons (Fsp3) is 0.588. The van der Waals surface area contributed by atoms with Gasteiger partial charge in [0.15, 0.2) is 0 Å². The number of rotatable bonds is 3. The van der Waals surface area contributed by atoms with E-state index < -0.39 is 11.7 Å². The summed E-state index contributed by atoms with van der Waals surface area (Å²) in [5.41, 5.74) is 0.118. The molecule has 1 saturated heterocycles. The van der Waals surface area contributed by atoms with Crippen LogP contribution in [0.15, 0.2) is 29.4 Å². The van der Waals surface area contributed by atoms with Crippen molar-refractivity contribution >= 4 is 20.6 Å². The van der Waals surface area contributed by atoms with Crippen LogP contribution in [0.25, 0.3) is 0 Å². The second kappa shape index (κ2) is 7.04. The van der Waals surface area contributed by atoms with Gasteiger partial charge in [0.25, 0.3) is 0 Å². The molecule has 2 aliphatic heterocycles. The topological polar surface area (TPSA) is 24.8 Å². The molecule has 2 aliphatic rings. The van der Waals surface area contributed by atoms with E-state index in [0.29, 0.717) is 11.5 Å². The van der Waals surface area contributed by atoms with E-state index in [2.05, 4.69) is 26.0 Å². The summed E-state index contributed by atoms with van der Waals surface area (Å²) < 4.78 is 39.6. The summed E-state index contributed by atoms with van der Waals surface area (Å²) in [6.07, 6.45) is -1.38. The maximum Gasteiger partial charge on any atom is 0.416 e. The first-order valence-electron chi connectivity index (χ1n) is 8.14. The van der Waals surface area contributed by atoms with Crippen LogP contribution in [0, 0.1) is 5.92 Å². The van der Waals surface area contributed by atoms with Crippen LogP contribution in [0.4, 0.5) is 13.2 Å². The Morgan fingerprint density at radius 2 is 2.17 bits per heavy atom. The number of hydrogen-bond acceptors (Lipinski definition) is 3. The highest BCUT2D eigenvalue weighted by atomic mass is 79.9. The predicted molar refractivity (Wildman–Crippen MR) is 90.0 cm³/mol. The van der Waals surface area contributed by atoms with Gasteiger partial charge in [0.2, 0.25) is 0 Å². The zero-order valence-corrected chi connectivity index (χ0v) is 15.0. The Hall–Kier alpha value is -1.08. The molecule has 1 fully saturated rings. The van der Waals surface area contributed by atoms with Gasteiger partial charge in [-0.25, -0.2) is 0 Å². The van der Waals surface area contributed by atoms with Gasteiger partial charge in [-0.2, -0.15) is 13.2 Å². The smallest absolute Gasteiger partial charge is 0.391 e. The molecule has 2 heterocycles. The summed E-state index contributed by atoms with van der Waals surface area (Å²) in [6, 6.07) is 5.59. The van der Waals surface area contributed by atoms with Crippen LogP contribution >= 0.6 is 15.9 Å². The van der Waals surface area contributed by atoms with Crippen LogP contribution < -0.4 is 0 Å². The van der Waals surface area contributed by atoms with E-state index in [1.54, 1.807) is 6.07 Å². The minimum absolute atomic E-state index is 0.0548. The average Bonchev–Trinajstić information content (AvgIpc) is 3.00. The highest BCUT2D eigenvalue weighted by Gasteiger charge is 2.35. The van der Waals surface area contributed by atoms with Crippen LogP contribution in [-0.4, -0.2) is 28.7 Å². The number of benzene rings is 1. The van der Waals surface area contributed by atoms with E-state index in [0.717, 1.165) is 43.0 Å². The SMILES string of the molecule is CC(c1cccc(C(F)(F)F)c1)N1CCC[C@@H]([C@H]2CC(Br)=NO2)C1. The zero-order chi connectivity index (χ0) is 17.3. The second-order valence-electron chi connectivity index (χ2n) is 6.51. The average molecular weight is 405 g/mol. The Morgan fingerprint density at radius 3 is 2.83 bits per heavy atom. The molecule has 24 heavy (non-hydrogen) atoms. The van der Waals surface area contributed by atoms with Crippen LogP contribution in [0.2, 0.25) is 0 Å². The number of halogens is 4. The number of oxime groups is 1. The molecule has 3 nitrogen and oxygen atoms in total. The third kappa shape index (κ3) is 3.94. The molecule has 1 unspecified atom stereocenters. The molecule has 0 aliphatic carbocycles. The van der Waals surface area contributed by atoms with Gasteiger partial charge in [-0.1, -0.05) is 17.3 Å². The molecule has 0 radical (unpaired) electrons. The Labute approximate surface area is 148 Å². The van der Waals surface area contributed by atoms with Crippen molar-refractivity contribution in [1.29, 1.82) is 0 Å². The van der Waals surface area contributed by atoms with Gasteiger partial charge in [0.1, 0.15) is 10.7 Å². The highest BCUT2D eigenvalue weighted by Crippen LogP contribution is 2.35. The van der Waals surface area contributed by atoms with Gasteiger partial charge < -0.3 is 4.84 Å². The maximum absolute atomic E-state index is 12.9. The summed E-state index contributed by atoms with van der Waals surface area (Å²) in [4.78, 5) is 7.72. The number of likely N-dealkylation sites (tertiary alicyclic amines) is 1. The van der Waals surface area contributed by atoms with Crippen LogP contribution in [0.5, 0.6) is 0 Å². The monoisotopic (exact) mass is 404 g/mol. The molecule has 1 aromatic rings. The standard InChI is InChI=1S/C17H20BrF3N2O/c1-11(12-4-2-6-14(8-12)17(19,20)21)23-7-3-5-13(10-23)15-9-16(18)22-24-15/h2,4,6,8,11,13,15H,3,5,7,9-10H2,1H3/t11?,13-,15-/m1/s1. The second-order valence-corrected chi connectivity index (χ2v) is 7.43. The molecular formula is C17H20BrF3N2O. The predicted octanol–water partition coefficient (Wildman–Crippen LogP) is 4.98. The molecule has 132 valence electrons. The lowest BCUT2D eigenvalue weighted by atomic mass is 9.89. The zero-order valence-electron chi connectivity index (χ0n) is 13.4. The van der Waals surface area contributed by atoms with E-state index in [1.165, 1.54) is 12.1 Å². The number of alkyl halides is 3. The molecule has 3 atom stereocenters. The largest absolute Gasteiger partial charge is 0.416 e. The molecule has 0 saturated carbocycles. The Balaban J connectivity index is 1.69. The van der Waals surface area contributed by atoms with Gasteiger partial charge >= 0.3 is 6.18 Å². The van der Waals surface area contributed by atoms with Gasteiger partial charge in [0, 0.05) is 24.9 Å². The summed E-state index contributed by atoms with van der Waals surface area (Å²) >= 11 is 3.36. The molecule has 7 heteroatoms. The van der Waals surface area contributed by atoms with E-state index in [9.17, 15) is 13.2 Å². The lowest BCUT2D eigenvalue weighted by molar-refractivity contribution is -0.137. The van der Waals surface area contributed by atoms with Crippen molar-refractivity contribution in [3.63, 3.8) is 0 Å². The summed E-state index contributed by atoms with van der Waals surface area (Å²) in [5, 5.41) is 3.95. The first-order chi connectivity index (χ1) is 11.3. The van der Waals surface area contributed by atoms with E-state index in [4.69, 9.17) is 4.84 Å². The van der Waals surface area contributed by atoms with Crippen molar-refractivity contribution in [1.82, 2.24) is 4.90 Å². The van der Waals surface area contributed by atoms with Gasteiger partial charge in [-0.05, 0) is 59.9 Å². The fourth-order valence-corrected chi connectivity index (χ4v) is 3.90. The minimum Gasteiger partial charge on any atom is -0.391 e. The summed E-state index contributed by atoms with van der Waals surface area (Å²) in [5.74, 6) is 0.353. The first kappa shape index (κ1) is 17.7. The third-order valence-corrected chi connectivity index (χ3v) is 5.38. The Morgan fingerprint density at radius 1 is 1.38 bits per heavy atom. The number of hydrogen-bond donors (Lipinski definition) is 0. The quantitative estimate of drug-likeness (QED) is 0.709. The molecular weight excluding hydrogens is 385 g/mol. The molecule has 3 rings (SSSR count). The minimum atomic E-state index is -4.30. The molecule has 0 spiro atoms. The maximum atomic E-state index is 12.9. The van der Waals surface area contributed by atoms with Crippen LogP contribution in [0.3, 0.4) is 0 Å². The van der Waals surface area contributed by atoms with Crippen molar-refractivity contribution in [3.05, 3.63) is 35.4 Å². The Kier molecular flexibility index (Phi) is 5.20. The number of piperidine rings is 1. The molecule has 0 bridgehead atoms. The van der Waals surface area contributed by atoms with E-state index >= 15 is 0 Å². The normalized spacial score (nSPS) is 26.8. The van der Waals surface area contributed by atoms with Gasteiger partial charge in [0.05, 0.1) is 5.56 Å². The molecule has 0 aromatic heterocycles. The molecule has 1 aromatic carbocycles. The van der Waals surface area contributed by atoms with Crippen molar-refractivity contribution in [2.75, 3.05) is 13.1 Å². The lowest BCUT2D eigenvalue weighted by Gasteiger charge is -2.38. The van der Waals surface area contributed by atoms with E-state index in [-0.39, 0.29) is 12.1 Å². The van der Waals surface area contributed by atoms with Crippen molar-refractivity contribution in [2.45, 2.75) is 44.5 Å². The first-order valence-corrected chi connectivity index (χ1v) is 8.93. The van der Waals surface area contributed by atoms with Crippen molar-refractivity contribution < 1.29 is 18.0 Å². The third-order valence-electron chi connectivity index (χ3n) is 4.92. The fourth-order valence-electron chi connectivity index (χ4n) is 3.50. The number of nitrogens with zero attached hydrogens (tertiary/aromatic N) is 2. The lowest BCUT2D eigenvalue weighted by Crippen LogP contribution is -2.41. The molecule has 0 N–H and O–H groups in total. The van der Waals surface area contributed by atoms with Gasteiger partial charge in [-0.3, -0.25) is 4.90 Å². The summed E-state index contributed by atoms with van der Waals surface area (Å²) in [6.45, 7) is 3.68. The van der Waals surface area contributed by atoms with Gasteiger partial charge in [-0.15, -0.1) is 0 Å². The molecule has 0 amide bonds. The highest BCUT2D eigenvalue weighted by molar-refractivity contribution is 9.18. The van der Waals surface area contributed by atoms with E-state index in [1.807, 2.05) is 6.92 Å². The van der Waals surface area contributed by atoms with Crippen LogP contribution in [0.1, 0.15) is 43.4 Å². The Bertz CT molecular complexity index is 620. The van der Waals surface area contributed by atoms with Crippen molar-refractivity contribution in [3.8, 4) is 0 Å². The summed E-state index contributed by atoms with van der Waals surface area (Å²) in [7, 11) is 0.